The van der Waals surface area contributed by atoms with Gasteiger partial charge in [-0.3, -0.25) is 14.5 Å². The summed E-state index contributed by atoms with van der Waals surface area (Å²) in [5.74, 6) is 2.90. The maximum Gasteiger partial charge on any atom is 0.233 e. The molecule has 0 N–H and O–H groups in total. The van der Waals surface area contributed by atoms with Gasteiger partial charge in [-0.05, 0) is 18.3 Å². The number of hydrogen-bond donors (Lipinski definition) is 0. The van der Waals surface area contributed by atoms with Gasteiger partial charge in [-0.25, -0.2) is 0 Å². The Kier molecular flexibility index (Phi) is 1.94. The molecule has 2 fully saturated rings. The summed E-state index contributed by atoms with van der Waals surface area (Å²) in [5, 5.41) is 0. The molecule has 4 unspecified atom stereocenters. The van der Waals surface area contributed by atoms with Gasteiger partial charge in [-0.15, -0.1) is 12.3 Å². The minimum Gasteiger partial charge on any atom is -0.281 e. The largest absolute Gasteiger partial charge is 0.281 e. The van der Waals surface area contributed by atoms with Crippen LogP contribution in [0.5, 0.6) is 0 Å². The van der Waals surface area contributed by atoms with Crippen molar-refractivity contribution >= 4 is 11.8 Å². The second-order valence-corrected chi connectivity index (χ2v) is 4.78. The second kappa shape index (κ2) is 3.21. The number of carbonyl (C=O) groups is 2. The molecule has 2 amide bonds. The van der Waals surface area contributed by atoms with Crippen molar-refractivity contribution in [1.82, 2.24) is 4.90 Å². The van der Waals surface area contributed by atoms with Crippen LogP contribution in [0.4, 0.5) is 0 Å². The lowest BCUT2D eigenvalue weighted by atomic mass is 9.85. The number of carbonyl (C=O) groups excluding carboxylic acids is 2. The van der Waals surface area contributed by atoms with Crippen LogP contribution in [-0.4, -0.2) is 23.3 Å². The molecule has 3 nitrogen and oxygen atoms in total. The van der Waals surface area contributed by atoms with E-state index in [9.17, 15) is 9.59 Å². The predicted octanol–water partition coefficient (Wildman–Crippen LogP) is 0.817. The van der Waals surface area contributed by atoms with Crippen molar-refractivity contribution in [3.05, 3.63) is 12.2 Å². The third-order valence-corrected chi connectivity index (χ3v) is 4.04. The topological polar surface area (TPSA) is 37.4 Å². The quantitative estimate of drug-likeness (QED) is 0.388. The van der Waals surface area contributed by atoms with E-state index in [0.717, 1.165) is 6.42 Å². The molecule has 4 atom stereocenters. The van der Waals surface area contributed by atoms with Gasteiger partial charge in [-0.1, -0.05) is 12.2 Å². The molecule has 16 heavy (non-hydrogen) atoms. The van der Waals surface area contributed by atoms with E-state index in [2.05, 4.69) is 18.1 Å². The minimum atomic E-state index is -0.0831. The zero-order valence-corrected chi connectivity index (χ0v) is 8.93. The highest BCUT2D eigenvalue weighted by molar-refractivity contribution is 6.06. The van der Waals surface area contributed by atoms with Gasteiger partial charge in [0.25, 0.3) is 0 Å². The molecule has 3 rings (SSSR count). The van der Waals surface area contributed by atoms with E-state index < -0.39 is 0 Å². The maximum absolute atomic E-state index is 12.1. The SMILES string of the molecule is C#CCCN1C(=O)C2C3C=CC(C3)C2C1=O. The van der Waals surface area contributed by atoms with Crippen molar-refractivity contribution in [3.63, 3.8) is 0 Å². The first-order valence-corrected chi connectivity index (χ1v) is 5.71. The van der Waals surface area contributed by atoms with Gasteiger partial charge in [0.05, 0.1) is 11.8 Å². The highest BCUT2D eigenvalue weighted by atomic mass is 16.2. The molecular weight excluding hydrogens is 202 g/mol. The summed E-state index contributed by atoms with van der Waals surface area (Å²) in [4.78, 5) is 25.6. The van der Waals surface area contributed by atoms with Crippen LogP contribution in [-0.2, 0) is 9.59 Å². The summed E-state index contributed by atoms with van der Waals surface area (Å²) in [6, 6.07) is 0. The fourth-order valence-electron chi connectivity index (χ4n) is 3.36. The van der Waals surface area contributed by atoms with E-state index in [1.54, 1.807) is 0 Å². The Morgan fingerprint density at radius 1 is 1.25 bits per heavy atom. The van der Waals surface area contributed by atoms with E-state index in [4.69, 9.17) is 6.42 Å². The first-order chi connectivity index (χ1) is 7.74. The summed E-state index contributed by atoms with van der Waals surface area (Å²) in [5.41, 5.74) is 0. The van der Waals surface area contributed by atoms with Crippen LogP contribution in [0, 0.1) is 36.0 Å². The molecule has 0 aromatic heterocycles. The second-order valence-electron chi connectivity index (χ2n) is 4.78. The molecule has 2 aliphatic carbocycles. The molecular formula is C13H13NO2. The Hall–Kier alpha value is -1.56. The lowest BCUT2D eigenvalue weighted by Gasteiger charge is -2.15. The third kappa shape index (κ3) is 1.05. The number of rotatable bonds is 2. The average molecular weight is 215 g/mol. The van der Waals surface area contributed by atoms with Gasteiger partial charge in [0, 0.05) is 13.0 Å². The van der Waals surface area contributed by atoms with E-state index in [1.165, 1.54) is 4.90 Å². The van der Waals surface area contributed by atoms with Crippen molar-refractivity contribution in [2.24, 2.45) is 23.7 Å². The summed E-state index contributed by atoms with van der Waals surface area (Å²) in [7, 11) is 0. The molecule has 1 aliphatic heterocycles. The lowest BCUT2D eigenvalue weighted by Crippen LogP contribution is -2.33. The Labute approximate surface area is 94.5 Å². The van der Waals surface area contributed by atoms with Crippen LogP contribution in [0.15, 0.2) is 12.2 Å². The number of likely N-dealkylation sites (tertiary alicyclic amines) is 1. The molecule has 0 aromatic carbocycles. The smallest absolute Gasteiger partial charge is 0.233 e. The van der Waals surface area contributed by atoms with Crippen molar-refractivity contribution in [2.75, 3.05) is 6.54 Å². The molecule has 0 radical (unpaired) electrons. The molecule has 1 heterocycles. The van der Waals surface area contributed by atoms with Gasteiger partial charge in [0.1, 0.15) is 0 Å². The zero-order valence-electron chi connectivity index (χ0n) is 8.93. The highest BCUT2D eigenvalue weighted by Gasteiger charge is 2.58. The number of fused-ring (bicyclic) bond motifs is 5. The molecule has 1 saturated heterocycles. The summed E-state index contributed by atoms with van der Waals surface area (Å²) in [6.07, 6.45) is 10.8. The van der Waals surface area contributed by atoms with E-state index in [-0.39, 0.29) is 23.7 Å². The molecule has 82 valence electrons. The Morgan fingerprint density at radius 3 is 2.31 bits per heavy atom. The van der Waals surface area contributed by atoms with Gasteiger partial charge in [-0.2, -0.15) is 0 Å². The Morgan fingerprint density at radius 2 is 1.81 bits per heavy atom. The number of hydrogen-bond acceptors (Lipinski definition) is 2. The van der Waals surface area contributed by atoms with Gasteiger partial charge >= 0.3 is 0 Å². The van der Waals surface area contributed by atoms with Crippen molar-refractivity contribution in [2.45, 2.75) is 12.8 Å². The monoisotopic (exact) mass is 215 g/mol. The van der Waals surface area contributed by atoms with Crippen LogP contribution < -0.4 is 0 Å². The average Bonchev–Trinajstić information content (AvgIpc) is 2.92. The van der Waals surface area contributed by atoms with E-state index in [0.29, 0.717) is 24.8 Å². The molecule has 3 aliphatic rings. The van der Waals surface area contributed by atoms with Crippen LogP contribution in [0.25, 0.3) is 0 Å². The lowest BCUT2D eigenvalue weighted by molar-refractivity contribution is -0.140. The first kappa shape index (κ1) is 9.65. The van der Waals surface area contributed by atoms with Gasteiger partial charge < -0.3 is 0 Å². The summed E-state index contributed by atoms with van der Waals surface area (Å²) < 4.78 is 0. The predicted molar refractivity (Wildman–Crippen MR) is 57.9 cm³/mol. The molecule has 0 spiro atoms. The van der Waals surface area contributed by atoms with Crippen LogP contribution in [0.3, 0.4) is 0 Å². The van der Waals surface area contributed by atoms with Gasteiger partial charge in [0.2, 0.25) is 11.8 Å². The number of allylic oxidation sites excluding steroid dienone is 2. The summed E-state index contributed by atoms with van der Waals surface area (Å²) in [6.45, 7) is 0.389. The van der Waals surface area contributed by atoms with Crippen molar-refractivity contribution < 1.29 is 9.59 Å². The Bertz CT molecular complexity index is 402. The molecule has 3 heteroatoms. The van der Waals surface area contributed by atoms with E-state index >= 15 is 0 Å². The highest BCUT2D eigenvalue weighted by Crippen LogP contribution is 2.52. The number of imide groups is 1. The Balaban J connectivity index is 1.86. The van der Waals surface area contributed by atoms with E-state index in [1.807, 2.05) is 0 Å². The summed E-state index contributed by atoms with van der Waals surface area (Å²) >= 11 is 0. The minimum absolute atomic E-state index is 0.00194. The third-order valence-electron chi connectivity index (χ3n) is 4.04. The van der Waals surface area contributed by atoms with Crippen LogP contribution in [0.1, 0.15) is 12.8 Å². The van der Waals surface area contributed by atoms with Gasteiger partial charge in [0.15, 0.2) is 0 Å². The van der Waals surface area contributed by atoms with Crippen LogP contribution >= 0.6 is 0 Å². The normalized spacial score (nSPS) is 39.3. The first-order valence-electron chi connectivity index (χ1n) is 5.71. The maximum atomic E-state index is 12.1. The number of terminal acetylenes is 1. The molecule has 2 bridgehead atoms. The van der Waals surface area contributed by atoms with Crippen molar-refractivity contribution in [3.8, 4) is 12.3 Å². The zero-order chi connectivity index (χ0) is 11.3. The number of nitrogens with zero attached hydrogens (tertiary/aromatic N) is 1. The fraction of sp³-hybridized carbons (Fsp3) is 0.538. The molecule has 1 saturated carbocycles. The number of amides is 2. The standard InChI is InChI=1S/C13H13NO2/c1-2-3-6-14-12(15)10-8-4-5-9(7-8)11(10)13(14)16/h1,4-5,8-11H,3,6-7H2. The van der Waals surface area contributed by atoms with Crippen LogP contribution in [0.2, 0.25) is 0 Å². The fourth-order valence-corrected chi connectivity index (χ4v) is 3.36. The molecule has 0 aromatic rings. The van der Waals surface area contributed by atoms with Crippen molar-refractivity contribution in [1.29, 1.82) is 0 Å².